The Labute approximate surface area is 99.9 Å². The standard InChI is InChI=1S/C13H27NO2/c1-6-11(10-13(2,3)4)12(15)16-9-7-8-14-5/h11,14H,6-10H2,1-5H3. The Balaban J connectivity index is 3.92. The second kappa shape index (κ2) is 7.66. The predicted molar refractivity (Wildman–Crippen MR) is 67.4 cm³/mol. The summed E-state index contributed by atoms with van der Waals surface area (Å²) in [7, 11) is 1.90. The smallest absolute Gasteiger partial charge is 0.308 e. The summed E-state index contributed by atoms with van der Waals surface area (Å²) in [5, 5.41) is 3.03. The zero-order chi connectivity index (χ0) is 12.6. The van der Waals surface area contributed by atoms with Crippen molar-refractivity contribution in [2.75, 3.05) is 20.2 Å². The molecule has 1 atom stereocenters. The van der Waals surface area contributed by atoms with Crippen LogP contribution in [0.25, 0.3) is 0 Å². The Morgan fingerprint density at radius 2 is 2.00 bits per heavy atom. The first-order valence-corrected chi connectivity index (χ1v) is 6.22. The summed E-state index contributed by atoms with van der Waals surface area (Å²) in [6.45, 7) is 9.94. The number of ether oxygens (including phenoxy) is 1. The van der Waals surface area contributed by atoms with Crippen LogP contribution in [0.2, 0.25) is 0 Å². The van der Waals surface area contributed by atoms with E-state index in [0.717, 1.165) is 25.8 Å². The normalized spacial score (nSPS) is 13.6. The third-order valence-corrected chi connectivity index (χ3v) is 2.50. The zero-order valence-electron chi connectivity index (χ0n) is 11.4. The van der Waals surface area contributed by atoms with Gasteiger partial charge in [-0.15, -0.1) is 0 Å². The Hall–Kier alpha value is -0.570. The molecule has 3 nitrogen and oxygen atoms in total. The van der Waals surface area contributed by atoms with Gasteiger partial charge in [0.25, 0.3) is 0 Å². The first-order chi connectivity index (χ1) is 7.40. The Morgan fingerprint density at radius 1 is 1.38 bits per heavy atom. The SMILES string of the molecule is CCC(CC(C)(C)C)C(=O)OCCCNC. The van der Waals surface area contributed by atoms with Crippen LogP contribution in [0, 0.1) is 11.3 Å². The molecule has 96 valence electrons. The van der Waals surface area contributed by atoms with Crippen LogP contribution in [-0.2, 0) is 9.53 Å². The highest BCUT2D eigenvalue weighted by Crippen LogP contribution is 2.26. The van der Waals surface area contributed by atoms with Crippen LogP contribution in [0.15, 0.2) is 0 Å². The van der Waals surface area contributed by atoms with Crippen LogP contribution in [0.4, 0.5) is 0 Å². The molecule has 0 aromatic heterocycles. The lowest BCUT2D eigenvalue weighted by molar-refractivity contribution is -0.149. The summed E-state index contributed by atoms with van der Waals surface area (Å²) < 4.78 is 5.26. The number of nitrogens with one attached hydrogen (secondary N) is 1. The molecule has 0 aromatic rings. The van der Waals surface area contributed by atoms with Gasteiger partial charge in [-0.25, -0.2) is 0 Å². The van der Waals surface area contributed by atoms with Crippen LogP contribution in [0.5, 0.6) is 0 Å². The summed E-state index contributed by atoms with van der Waals surface area (Å²) in [5.74, 6) is 0.0168. The molecular weight excluding hydrogens is 202 g/mol. The highest BCUT2D eigenvalue weighted by atomic mass is 16.5. The van der Waals surface area contributed by atoms with E-state index >= 15 is 0 Å². The molecule has 0 amide bonds. The molecule has 1 unspecified atom stereocenters. The van der Waals surface area contributed by atoms with Crippen molar-refractivity contribution >= 4 is 5.97 Å². The van der Waals surface area contributed by atoms with Crippen molar-refractivity contribution in [1.29, 1.82) is 0 Å². The zero-order valence-corrected chi connectivity index (χ0v) is 11.4. The minimum atomic E-state index is -0.0338. The van der Waals surface area contributed by atoms with Crippen molar-refractivity contribution in [2.24, 2.45) is 11.3 Å². The van der Waals surface area contributed by atoms with Gasteiger partial charge in [0, 0.05) is 0 Å². The van der Waals surface area contributed by atoms with Crippen molar-refractivity contribution in [3.8, 4) is 0 Å². The van der Waals surface area contributed by atoms with E-state index in [4.69, 9.17) is 4.74 Å². The average Bonchev–Trinajstić information content (AvgIpc) is 2.19. The molecular formula is C13H27NO2. The Morgan fingerprint density at radius 3 is 2.44 bits per heavy atom. The van der Waals surface area contributed by atoms with Crippen molar-refractivity contribution in [3.05, 3.63) is 0 Å². The summed E-state index contributed by atoms with van der Waals surface area (Å²) in [4.78, 5) is 11.8. The number of hydrogen-bond donors (Lipinski definition) is 1. The summed E-state index contributed by atoms with van der Waals surface area (Å²) in [6, 6.07) is 0. The third-order valence-electron chi connectivity index (χ3n) is 2.50. The van der Waals surface area contributed by atoms with Gasteiger partial charge in [-0.05, 0) is 38.3 Å². The van der Waals surface area contributed by atoms with Crippen molar-refractivity contribution in [1.82, 2.24) is 5.32 Å². The Kier molecular flexibility index (Phi) is 7.39. The second-order valence-corrected chi connectivity index (χ2v) is 5.49. The highest BCUT2D eigenvalue weighted by Gasteiger charge is 2.24. The fraction of sp³-hybridized carbons (Fsp3) is 0.923. The number of carbonyl (C=O) groups is 1. The summed E-state index contributed by atoms with van der Waals surface area (Å²) in [6.07, 6.45) is 2.64. The lowest BCUT2D eigenvalue weighted by Gasteiger charge is -2.23. The maximum atomic E-state index is 11.8. The van der Waals surface area contributed by atoms with Gasteiger partial charge >= 0.3 is 5.97 Å². The molecule has 0 aliphatic heterocycles. The van der Waals surface area contributed by atoms with E-state index in [0.29, 0.717) is 6.61 Å². The number of hydrogen-bond acceptors (Lipinski definition) is 3. The first kappa shape index (κ1) is 15.4. The second-order valence-electron chi connectivity index (χ2n) is 5.49. The molecule has 1 N–H and O–H groups in total. The molecule has 0 rings (SSSR count). The van der Waals surface area contributed by atoms with Crippen LogP contribution in [-0.4, -0.2) is 26.2 Å². The van der Waals surface area contributed by atoms with Crippen molar-refractivity contribution < 1.29 is 9.53 Å². The molecule has 0 spiro atoms. The van der Waals surface area contributed by atoms with E-state index in [1.807, 2.05) is 14.0 Å². The molecule has 3 heteroatoms. The minimum absolute atomic E-state index is 0.0338. The molecule has 0 fully saturated rings. The topological polar surface area (TPSA) is 38.3 Å². The number of rotatable bonds is 7. The monoisotopic (exact) mass is 229 g/mol. The lowest BCUT2D eigenvalue weighted by Crippen LogP contribution is -2.23. The molecule has 0 aliphatic rings. The number of esters is 1. The molecule has 0 aliphatic carbocycles. The summed E-state index contributed by atoms with van der Waals surface area (Å²) >= 11 is 0. The molecule has 16 heavy (non-hydrogen) atoms. The minimum Gasteiger partial charge on any atom is -0.465 e. The van der Waals surface area contributed by atoms with Crippen LogP contribution >= 0.6 is 0 Å². The van der Waals surface area contributed by atoms with E-state index in [1.54, 1.807) is 0 Å². The van der Waals surface area contributed by atoms with Crippen LogP contribution in [0.3, 0.4) is 0 Å². The predicted octanol–water partition coefficient (Wildman–Crippen LogP) is 2.60. The lowest BCUT2D eigenvalue weighted by atomic mass is 9.83. The average molecular weight is 229 g/mol. The van der Waals surface area contributed by atoms with E-state index in [9.17, 15) is 4.79 Å². The fourth-order valence-corrected chi connectivity index (χ4v) is 1.67. The molecule has 0 saturated heterocycles. The molecule has 0 heterocycles. The maximum Gasteiger partial charge on any atom is 0.308 e. The van der Waals surface area contributed by atoms with Gasteiger partial charge in [0.2, 0.25) is 0 Å². The third kappa shape index (κ3) is 7.69. The van der Waals surface area contributed by atoms with Gasteiger partial charge in [0.15, 0.2) is 0 Å². The summed E-state index contributed by atoms with van der Waals surface area (Å²) in [5.41, 5.74) is 0.185. The van der Waals surface area contributed by atoms with Gasteiger partial charge < -0.3 is 10.1 Å². The molecule has 0 aromatic carbocycles. The number of carbonyl (C=O) groups excluding carboxylic acids is 1. The van der Waals surface area contributed by atoms with E-state index < -0.39 is 0 Å². The van der Waals surface area contributed by atoms with Gasteiger partial charge in [-0.1, -0.05) is 27.7 Å². The fourth-order valence-electron chi connectivity index (χ4n) is 1.67. The molecule has 0 bridgehead atoms. The van der Waals surface area contributed by atoms with Gasteiger partial charge in [-0.3, -0.25) is 4.79 Å². The van der Waals surface area contributed by atoms with Crippen LogP contribution in [0.1, 0.15) is 47.0 Å². The van der Waals surface area contributed by atoms with Gasteiger partial charge in [-0.2, -0.15) is 0 Å². The van der Waals surface area contributed by atoms with Crippen LogP contribution < -0.4 is 5.32 Å². The largest absolute Gasteiger partial charge is 0.465 e. The highest BCUT2D eigenvalue weighted by molar-refractivity contribution is 5.72. The van der Waals surface area contributed by atoms with E-state index in [1.165, 1.54) is 0 Å². The van der Waals surface area contributed by atoms with Gasteiger partial charge in [0.1, 0.15) is 0 Å². The van der Waals surface area contributed by atoms with Gasteiger partial charge in [0.05, 0.1) is 12.5 Å². The maximum absolute atomic E-state index is 11.8. The quantitative estimate of drug-likeness (QED) is 0.538. The Bertz CT molecular complexity index is 197. The van der Waals surface area contributed by atoms with E-state index in [2.05, 4.69) is 26.1 Å². The van der Waals surface area contributed by atoms with Crippen molar-refractivity contribution in [3.63, 3.8) is 0 Å². The van der Waals surface area contributed by atoms with Crippen molar-refractivity contribution in [2.45, 2.75) is 47.0 Å². The first-order valence-electron chi connectivity index (χ1n) is 6.22. The van der Waals surface area contributed by atoms with E-state index in [-0.39, 0.29) is 17.3 Å². The molecule has 0 saturated carbocycles. The molecule has 0 radical (unpaired) electrons.